The average molecular weight is 388 g/mol. The molecule has 0 bridgehead atoms. The largest absolute Gasteiger partial charge is 0.326 e. The highest BCUT2D eigenvalue weighted by molar-refractivity contribution is 6.33. The van der Waals surface area contributed by atoms with Gasteiger partial charge in [-0.15, -0.1) is 10.2 Å². The van der Waals surface area contributed by atoms with Gasteiger partial charge in [-0.2, -0.15) is 0 Å². The zero-order valence-corrected chi connectivity index (χ0v) is 16.4. The molecule has 2 N–H and O–H groups in total. The third kappa shape index (κ3) is 4.01. The molecule has 0 spiro atoms. The van der Waals surface area contributed by atoms with Gasteiger partial charge in [0.25, 0.3) is 0 Å². The van der Waals surface area contributed by atoms with Gasteiger partial charge in [0, 0.05) is 36.2 Å². The Bertz CT molecular complexity index is 834. The van der Waals surface area contributed by atoms with Crippen LogP contribution in [-0.2, 0) is 17.8 Å². The van der Waals surface area contributed by atoms with Crippen molar-refractivity contribution in [3.8, 4) is 11.4 Å². The first-order chi connectivity index (χ1) is 13.1. The lowest BCUT2D eigenvalue weighted by Gasteiger charge is -2.27. The van der Waals surface area contributed by atoms with Gasteiger partial charge in [-0.05, 0) is 57.4 Å². The van der Waals surface area contributed by atoms with Gasteiger partial charge in [0.05, 0.1) is 5.02 Å². The van der Waals surface area contributed by atoms with E-state index in [1.165, 1.54) is 6.42 Å². The van der Waals surface area contributed by atoms with Gasteiger partial charge in [-0.25, -0.2) is 0 Å². The minimum atomic E-state index is 0.0461. The summed E-state index contributed by atoms with van der Waals surface area (Å²) in [6.07, 6.45) is 6.17. The molecule has 0 saturated carbocycles. The molecule has 2 aromatic rings. The van der Waals surface area contributed by atoms with Crippen LogP contribution >= 0.6 is 11.6 Å². The van der Waals surface area contributed by atoms with Crippen LogP contribution in [0.25, 0.3) is 11.4 Å². The lowest BCUT2D eigenvalue weighted by Crippen LogP contribution is -2.40. The predicted molar refractivity (Wildman–Crippen MR) is 107 cm³/mol. The van der Waals surface area contributed by atoms with Crippen molar-refractivity contribution in [2.75, 3.05) is 11.9 Å². The highest BCUT2D eigenvalue weighted by Gasteiger charge is 2.25. The number of nitrogens with zero attached hydrogens (tertiary/aromatic N) is 3. The molecule has 1 aromatic heterocycles. The van der Waals surface area contributed by atoms with Gasteiger partial charge in [0.1, 0.15) is 5.82 Å². The Morgan fingerprint density at radius 1 is 1.30 bits per heavy atom. The van der Waals surface area contributed by atoms with Gasteiger partial charge in [0.15, 0.2) is 5.82 Å². The third-order valence-electron chi connectivity index (χ3n) is 5.58. The second-order valence-corrected chi connectivity index (χ2v) is 8.07. The number of fused-ring (bicyclic) bond motifs is 1. The van der Waals surface area contributed by atoms with Crippen LogP contribution in [0.4, 0.5) is 5.69 Å². The summed E-state index contributed by atoms with van der Waals surface area (Å²) in [5.74, 6) is 1.95. The van der Waals surface area contributed by atoms with Crippen molar-refractivity contribution in [3.05, 3.63) is 29.0 Å². The standard InChI is InChI=1S/C20H26ClN5O/c1-13-11-14(8-9-22-13)20(27)23-15-6-7-17(21)16(12-15)19-25-24-18-5-3-2-4-10-26(18)19/h6-7,12-14,22H,2-5,8-11H2,1H3,(H,23,27)/t13-,14-/m0/s1. The molecule has 4 rings (SSSR count). The lowest BCUT2D eigenvalue weighted by atomic mass is 9.92. The summed E-state index contributed by atoms with van der Waals surface area (Å²) in [4.78, 5) is 12.7. The summed E-state index contributed by atoms with van der Waals surface area (Å²) in [5.41, 5.74) is 1.59. The van der Waals surface area contributed by atoms with E-state index in [1.807, 2.05) is 18.2 Å². The summed E-state index contributed by atoms with van der Waals surface area (Å²) >= 11 is 6.47. The molecule has 144 valence electrons. The summed E-state index contributed by atoms with van der Waals surface area (Å²) in [7, 11) is 0. The maximum Gasteiger partial charge on any atom is 0.227 e. The quantitative estimate of drug-likeness (QED) is 0.843. The Balaban J connectivity index is 1.57. The summed E-state index contributed by atoms with van der Waals surface area (Å²) in [6, 6.07) is 5.98. The van der Waals surface area contributed by atoms with Gasteiger partial charge in [0.2, 0.25) is 5.91 Å². The molecule has 7 heteroatoms. The molecule has 0 unspecified atom stereocenters. The molecule has 0 aliphatic carbocycles. The summed E-state index contributed by atoms with van der Waals surface area (Å²) in [5, 5.41) is 15.8. The molecule has 2 aliphatic rings. The third-order valence-corrected chi connectivity index (χ3v) is 5.91. The first kappa shape index (κ1) is 18.4. The molecule has 1 amide bonds. The number of piperidine rings is 1. The molecule has 6 nitrogen and oxygen atoms in total. The van der Waals surface area contributed by atoms with Crippen molar-refractivity contribution in [2.45, 2.75) is 58.0 Å². The average Bonchev–Trinajstić information content (AvgIpc) is 2.91. The van der Waals surface area contributed by atoms with Crippen LogP contribution in [0, 0.1) is 5.92 Å². The van der Waals surface area contributed by atoms with Crippen LogP contribution in [0.15, 0.2) is 18.2 Å². The van der Waals surface area contributed by atoms with Crippen LogP contribution in [0.3, 0.4) is 0 Å². The van der Waals surface area contributed by atoms with Crippen molar-refractivity contribution in [3.63, 3.8) is 0 Å². The molecular weight excluding hydrogens is 362 g/mol. The summed E-state index contributed by atoms with van der Waals surface area (Å²) in [6.45, 7) is 3.92. The minimum absolute atomic E-state index is 0.0461. The molecule has 0 radical (unpaired) electrons. The van der Waals surface area contributed by atoms with Crippen LogP contribution < -0.4 is 10.6 Å². The number of carbonyl (C=O) groups is 1. The van der Waals surface area contributed by atoms with E-state index in [2.05, 4.69) is 32.3 Å². The van der Waals surface area contributed by atoms with Crippen molar-refractivity contribution in [2.24, 2.45) is 5.92 Å². The molecule has 1 saturated heterocycles. The fraction of sp³-hybridized carbons (Fsp3) is 0.550. The van der Waals surface area contributed by atoms with E-state index in [0.29, 0.717) is 11.1 Å². The first-order valence-electron chi connectivity index (χ1n) is 9.88. The minimum Gasteiger partial charge on any atom is -0.326 e. The predicted octanol–water partition coefficient (Wildman–Crippen LogP) is 3.65. The van der Waals surface area contributed by atoms with Gasteiger partial charge in [-0.1, -0.05) is 18.0 Å². The number of benzene rings is 1. The zero-order valence-electron chi connectivity index (χ0n) is 15.7. The van der Waals surface area contributed by atoms with E-state index in [-0.39, 0.29) is 11.8 Å². The number of anilines is 1. The highest BCUT2D eigenvalue weighted by atomic mass is 35.5. The SMILES string of the molecule is C[C@H]1C[C@@H](C(=O)Nc2ccc(Cl)c(-c3nnc4n3CCCCC4)c2)CCN1. The van der Waals surface area contributed by atoms with Gasteiger partial charge < -0.3 is 15.2 Å². The topological polar surface area (TPSA) is 71.8 Å². The first-order valence-corrected chi connectivity index (χ1v) is 10.3. The normalized spacial score (nSPS) is 22.7. The van der Waals surface area contributed by atoms with Crippen LogP contribution in [0.2, 0.25) is 5.02 Å². The van der Waals surface area contributed by atoms with Crippen molar-refractivity contribution < 1.29 is 4.79 Å². The Hall–Kier alpha value is -1.92. The van der Waals surface area contributed by atoms with Crippen LogP contribution in [-0.4, -0.2) is 33.3 Å². The van der Waals surface area contributed by atoms with E-state index < -0.39 is 0 Å². The summed E-state index contributed by atoms with van der Waals surface area (Å²) < 4.78 is 2.17. The van der Waals surface area contributed by atoms with E-state index in [9.17, 15) is 4.79 Å². The molecule has 3 heterocycles. The number of carbonyl (C=O) groups excluding carboxylic acids is 1. The highest BCUT2D eigenvalue weighted by Crippen LogP contribution is 2.31. The number of hydrogen-bond donors (Lipinski definition) is 2. The number of rotatable bonds is 3. The molecular formula is C20H26ClN5O. The van der Waals surface area contributed by atoms with Crippen LogP contribution in [0.1, 0.15) is 44.9 Å². The molecule has 1 aromatic carbocycles. The zero-order chi connectivity index (χ0) is 18.8. The second kappa shape index (κ2) is 7.98. The fourth-order valence-electron chi connectivity index (χ4n) is 4.07. The van der Waals surface area contributed by atoms with Crippen LogP contribution in [0.5, 0.6) is 0 Å². The van der Waals surface area contributed by atoms with Gasteiger partial charge in [-0.3, -0.25) is 4.79 Å². The molecule has 2 aliphatic heterocycles. The Labute approximate surface area is 164 Å². The van der Waals surface area contributed by atoms with E-state index in [1.54, 1.807) is 0 Å². The Morgan fingerprint density at radius 3 is 3.04 bits per heavy atom. The number of hydrogen-bond acceptors (Lipinski definition) is 4. The Morgan fingerprint density at radius 2 is 2.19 bits per heavy atom. The van der Waals surface area contributed by atoms with Crippen molar-refractivity contribution in [1.82, 2.24) is 20.1 Å². The smallest absolute Gasteiger partial charge is 0.227 e. The molecule has 27 heavy (non-hydrogen) atoms. The number of aromatic nitrogens is 3. The maximum atomic E-state index is 12.7. The Kier molecular flexibility index (Phi) is 5.45. The van der Waals surface area contributed by atoms with E-state index >= 15 is 0 Å². The molecule has 2 atom stereocenters. The van der Waals surface area contributed by atoms with E-state index in [4.69, 9.17) is 11.6 Å². The number of amides is 1. The van der Waals surface area contributed by atoms with Crippen molar-refractivity contribution >= 4 is 23.2 Å². The number of nitrogens with one attached hydrogen (secondary N) is 2. The second-order valence-electron chi connectivity index (χ2n) is 7.66. The number of aryl methyl sites for hydroxylation is 1. The van der Waals surface area contributed by atoms with Gasteiger partial charge >= 0.3 is 0 Å². The monoisotopic (exact) mass is 387 g/mol. The maximum absolute atomic E-state index is 12.7. The lowest BCUT2D eigenvalue weighted by molar-refractivity contribution is -0.120. The fourth-order valence-corrected chi connectivity index (χ4v) is 4.28. The van der Waals surface area contributed by atoms with E-state index in [0.717, 1.165) is 68.1 Å². The van der Waals surface area contributed by atoms with Crippen molar-refractivity contribution in [1.29, 1.82) is 0 Å². The number of halogens is 1. The molecule has 1 fully saturated rings.